The number of hydrogen-bond acceptors (Lipinski definition) is 4. The zero-order valence-corrected chi connectivity index (χ0v) is 39.9. The fraction of sp³-hybridized carbons (Fsp3) is 0.907. The monoisotopic (exact) mass is 832 g/mol. The van der Waals surface area contributed by atoms with Crippen LogP contribution in [0.15, 0.2) is 24.3 Å². The Morgan fingerprint density at radius 1 is 0.407 bits per heavy atom. The van der Waals surface area contributed by atoms with E-state index in [2.05, 4.69) is 43.5 Å². The Bertz CT molecular complexity index is 874. The maximum absolute atomic E-state index is 12.5. The molecule has 0 aliphatic heterocycles. The van der Waals surface area contributed by atoms with Crippen molar-refractivity contribution in [2.75, 3.05) is 6.61 Å². The molecule has 4 N–H and O–H groups in total. The predicted molar refractivity (Wildman–Crippen MR) is 259 cm³/mol. The summed E-state index contributed by atoms with van der Waals surface area (Å²) in [6, 6.07) is -0.826. The Morgan fingerprint density at radius 3 is 0.983 bits per heavy atom. The van der Waals surface area contributed by atoms with Crippen LogP contribution in [0, 0.1) is 0 Å². The molecule has 0 aromatic heterocycles. The summed E-state index contributed by atoms with van der Waals surface area (Å²) in [6.07, 6.45) is 61.8. The Morgan fingerprint density at radius 2 is 0.678 bits per heavy atom. The molecule has 0 heterocycles. The van der Waals surface area contributed by atoms with Crippen molar-refractivity contribution in [1.29, 1.82) is 0 Å². The van der Waals surface area contributed by atoms with Crippen LogP contribution in [0.3, 0.4) is 0 Å². The van der Waals surface area contributed by atoms with Gasteiger partial charge in [0.1, 0.15) is 6.10 Å². The molecule has 0 bridgehead atoms. The molecule has 0 spiro atoms. The second-order valence-electron chi connectivity index (χ2n) is 18.4. The third-order valence-electron chi connectivity index (χ3n) is 12.5. The number of carbonyl (C=O) groups excluding carboxylic acids is 1. The van der Waals surface area contributed by atoms with Gasteiger partial charge in [-0.05, 0) is 64.2 Å². The number of nitrogens with one attached hydrogen (secondary N) is 1. The van der Waals surface area contributed by atoms with Gasteiger partial charge >= 0.3 is 0 Å². The van der Waals surface area contributed by atoms with Gasteiger partial charge in [0.25, 0.3) is 0 Å². The molecule has 0 aliphatic carbocycles. The number of amides is 1. The SMILES string of the molecule is CCCCCCCCCCCCCC/C=C\CCCCCCCCCCCC(=O)NC(CO)C(O)C(O)CCC/C=C/CCCCCCCCCCCCCCCCC. The fourth-order valence-corrected chi connectivity index (χ4v) is 8.40. The number of carbonyl (C=O) groups is 1. The molecule has 0 saturated carbocycles. The van der Waals surface area contributed by atoms with Gasteiger partial charge in [-0.1, -0.05) is 244 Å². The Balaban J connectivity index is 3.58. The highest BCUT2D eigenvalue weighted by Gasteiger charge is 2.26. The molecule has 0 radical (unpaired) electrons. The van der Waals surface area contributed by atoms with Gasteiger partial charge in [-0.3, -0.25) is 4.79 Å². The second kappa shape index (κ2) is 49.5. The number of rotatable bonds is 49. The Hall–Kier alpha value is -1.17. The van der Waals surface area contributed by atoms with Gasteiger partial charge in [0, 0.05) is 6.42 Å². The van der Waals surface area contributed by atoms with Crippen molar-refractivity contribution < 1.29 is 20.1 Å². The molecule has 0 aromatic carbocycles. The maximum atomic E-state index is 12.5. The van der Waals surface area contributed by atoms with E-state index in [4.69, 9.17) is 0 Å². The number of hydrogen-bond donors (Lipinski definition) is 4. The van der Waals surface area contributed by atoms with E-state index in [9.17, 15) is 20.1 Å². The van der Waals surface area contributed by atoms with Crippen molar-refractivity contribution in [3.63, 3.8) is 0 Å². The molecule has 59 heavy (non-hydrogen) atoms. The van der Waals surface area contributed by atoms with Crippen molar-refractivity contribution in [1.82, 2.24) is 5.32 Å². The van der Waals surface area contributed by atoms with Gasteiger partial charge in [0.15, 0.2) is 0 Å². The van der Waals surface area contributed by atoms with Gasteiger partial charge in [-0.15, -0.1) is 0 Å². The first kappa shape index (κ1) is 57.8. The van der Waals surface area contributed by atoms with E-state index in [-0.39, 0.29) is 12.5 Å². The number of aliphatic hydroxyl groups excluding tert-OH is 3. The molecule has 0 saturated heterocycles. The summed E-state index contributed by atoms with van der Waals surface area (Å²) in [5.41, 5.74) is 0. The van der Waals surface area contributed by atoms with E-state index in [1.807, 2.05) is 0 Å². The Kier molecular flexibility index (Phi) is 48.5. The van der Waals surface area contributed by atoms with Crippen LogP contribution in [0.2, 0.25) is 0 Å². The summed E-state index contributed by atoms with van der Waals surface area (Å²) >= 11 is 0. The quantitative estimate of drug-likeness (QED) is 0.0363. The van der Waals surface area contributed by atoms with Gasteiger partial charge in [-0.2, -0.15) is 0 Å². The normalized spacial score (nSPS) is 13.5. The van der Waals surface area contributed by atoms with Crippen LogP contribution in [-0.2, 0) is 4.79 Å². The second-order valence-corrected chi connectivity index (χ2v) is 18.4. The first-order chi connectivity index (χ1) is 29.1. The lowest BCUT2D eigenvalue weighted by Crippen LogP contribution is -2.50. The number of allylic oxidation sites excluding steroid dienone is 4. The standard InChI is InChI=1S/C54H105NO4/c1-3-5-7-9-11-13-15-17-19-21-23-25-26-27-28-29-31-33-35-37-39-41-43-45-47-49-53(58)55-51(50-56)54(59)52(57)48-46-44-42-40-38-36-34-32-30-24-22-20-18-16-14-12-10-8-6-4-2/h27-28,40,42,51-52,54,56-57,59H,3-26,29-39,41,43-50H2,1-2H3,(H,55,58)/b28-27-,42-40+. The van der Waals surface area contributed by atoms with Gasteiger partial charge in [0.05, 0.1) is 18.8 Å². The minimum atomic E-state index is -1.16. The highest BCUT2D eigenvalue weighted by atomic mass is 16.3. The van der Waals surface area contributed by atoms with Crippen molar-refractivity contribution in [3.8, 4) is 0 Å². The maximum Gasteiger partial charge on any atom is 0.220 e. The third kappa shape index (κ3) is 44.7. The van der Waals surface area contributed by atoms with E-state index in [0.29, 0.717) is 12.8 Å². The first-order valence-electron chi connectivity index (χ1n) is 26.6. The lowest BCUT2D eigenvalue weighted by molar-refractivity contribution is -0.124. The molecule has 0 aliphatic rings. The lowest BCUT2D eigenvalue weighted by Gasteiger charge is -2.26. The fourth-order valence-electron chi connectivity index (χ4n) is 8.40. The topological polar surface area (TPSA) is 89.8 Å². The molecule has 350 valence electrons. The van der Waals surface area contributed by atoms with E-state index in [1.165, 1.54) is 225 Å². The minimum absolute atomic E-state index is 0.153. The zero-order chi connectivity index (χ0) is 43.0. The smallest absolute Gasteiger partial charge is 0.220 e. The third-order valence-corrected chi connectivity index (χ3v) is 12.5. The Labute approximate surface area is 369 Å². The van der Waals surface area contributed by atoms with E-state index < -0.39 is 18.2 Å². The van der Waals surface area contributed by atoms with Crippen LogP contribution >= 0.6 is 0 Å². The average Bonchev–Trinajstić information content (AvgIpc) is 3.24. The highest BCUT2D eigenvalue weighted by molar-refractivity contribution is 5.76. The van der Waals surface area contributed by atoms with E-state index in [1.54, 1.807) is 0 Å². The van der Waals surface area contributed by atoms with Crippen LogP contribution < -0.4 is 5.32 Å². The van der Waals surface area contributed by atoms with Gasteiger partial charge < -0.3 is 20.6 Å². The van der Waals surface area contributed by atoms with Crippen LogP contribution in [0.4, 0.5) is 0 Å². The summed E-state index contributed by atoms with van der Waals surface area (Å²) < 4.78 is 0. The lowest BCUT2D eigenvalue weighted by atomic mass is 10.0. The molecule has 0 fully saturated rings. The van der Waals surface area contributed by atoms with Crippen LogP contribution in [-0.4, -0.2) is 46.1 Å². The first-order valence-corrected chi connectivity index (χ1v) is 26.6. The number of aliphatic hydroxyl groups is 3. The minimum Gasteiger partial charge on any atom is -0.394 e. The molecule has 5 nitrogen and oxygen atoms in total. The molecule has 0 aromatic rings. The van der Waals surface area contributed by atoms with Gasteiger partial charge in [-0.25, -0.2) is 0 Å². The largest absolute Gasteiger partial charge is 0.394 e. The summed E-state index contributed by atoms with van der Waals surface area (Å²) in [7, 11) is 0. The summed E-state index contributed by atoms with van der Waals surface area (Å²) in [6.45, 7) is 4.20. The summed E-state index contributed by atoms with van der Waals surface area (Å²) in [4.78, 5) is 12.5. The van der Waals surface area contributed by atoms with Crippen molar-refractivity contribution in [2.24, 2.45) is 0 Å². The molecule has 1 amide bonds. The predicted octanol–water partition coefficient (Wildman–Crippen LogP) is 16.1. The van der Waals surface area contributed by atoms with Crippen LogP contribution in [0.25, 0.3) is 0 Å². The zero-order valence-electron chi connectivity index (χ0n) is 39.9. The van der Waals surface area contributed by atoms with E-state index in [0.717, 1.165) is 38.5 Å². The van der Waals surface area contributed by atoms with Crippen molar-refractivity contribution >= 4 is 5.91 Å². The molecule has 0 rings (SSSR count). The molecule has 5 heteroatoms. The van der Waals surface area contributed by atoms with E-state index >= 15 is 0 Å². The van der Waals surface area contributed by atoms with Crippen LogP contribution in [0.1, 0.15) is 290 Å². The molecule has 3 atom stereocenters. The van der Waals surface area contributed by atoms with Crippen LogP contribution in [0.5, 0.6) is 0 Å². The summed E-state index contributed by atoms with van der Waals surface area (Å²) in [5, 5.41) is 33.7. The van der Waals surface area contributed by atoms with Crippen molar-refractivity contribution in [3.05, 3.63) is 24.3 Å². The molecular weight excluding hydrogens is 727 g/mol. The summed E-state index contributed by atoms with van der Waals surface area (Å²) in [5.74, 6) is -0.153. The molecular formula is C54H105NO4. The highest BCUT2D eigenvalue weighted by Crippen LogP contribution is 2.17. The average molecular weight is 832 g/mol. The molecule has 3 unspecified atom stereocenters. The van der Waals surface area contributed by atoms with Crippen molar-refractivity contribution in [2.45, 2.75) is 308 Å². The number of unbranched alkanes of at least 4 members (excludes halogenated alkanes) is 37. The van der Waals surface area contributed by atoms with Gasteiger partial charge in [0.2, 0.25) is 5.91 Å².